The molecular weight excluding hydrogens is 262 g/mol. The molecule has 2 aromatic carbocycles. The number of amides is 1. The fraction of sp³-hybridized carbons (Fsp3) is 0.278. The summed E-state index contributed by atoms with van der Waals surface area (Å²) in [4.78, 5) is 11.6. The van der Waals surface area contributed by atoms with Crippen LogP contribution in [0, 0.1) is 6.92 Å². The van der Waals surface area contributed by atoms with Crippen molar-refractivity contribution in [3.63, 3.8) is 0 Å². The Bertz CT molecular complexity index is 613. The van der Waals surface area contributed by atoms with Crippen molar-refractivity contribution in [2.75, 3.05) is 6.61 Å². The van der Waals surface area contributed by atoms with Gasteiger partial charge in [0.05, 0.1) is 0 Å². The number of ether oxygens (including phenoxy) is 1. The third kappa shape index (κ3) is 3.85. The molecule has 3 rings (SSSR count). The highest BCUT2D eigenvalue weighted by Gasteiger charge is 2.23. The monoisotopic (exact) mass is 281 g/mol. The number of aryl methyl sites for hydroxylation is 1. The van der Waals surface area contributed by atoms with Crippen molar-refractivity contribution in [1.82, 2.24) is 5.32 Å². The van der Waals surface area contributed by atoms with Gasteiger partial charge in [0.1, 0.15) is 5.75 Å². The lowest BCUT2D eigenvalue weighted by Gasteiger charge is -2.08. The predicted octanol–water partition coefficient (Wildman–Crippen LogP) is 3.32. The Morgan fingerprint density at radius 2 is 1.62 bits per heavy atom. The minimum absolute atomic E-state index is 0.0416. The summed E-state index contributed by atoms with van der Waals surface area (Å²) in [5, 5.41) is 2.90. The number of hydrogen-bond donors (Lipinski definition) is 1. The van der Waals surface area contributed by atoms with Crippen LogP contribution in [0.1, 0.15) is 18.4 Å². The Morgan fingerprint density at radius 1 is 1.05 bits per heavy atom. The molecule has 3 nitrogen and oxygen atoms in total. The van der Waals surface area contributed by atoms with E-state index in [0.717, 1.165) is 24.2 Å². The molecule has 0 saturated heterocycles. The molecule has 0 radical (unpaired) electrons. The molecule has 1 saturated carbocycles. The first-order valence-electron chi connectivity index (χ1n) is 7.30. The molecule has 1 N–H and O–H groups in total. The molecule has 21 heavy (non-hydrogen) atoms. The van der Waals surface area contributed by atoms with Crippen molar-refractivity contribution >= 4 is 5.91 Å². The van der Waals surface area contributed by atoms with Crippen LogP contribution in [-0.2, 0) is 4.79 Å². The van der Waals surface area contributed by atoms with Gasteiger partial charge in [-0.05, 0) is 43.0 Å². The highest BCUT2D eigenvalue weighted by Crippen LogP contribution is 2.23. The van der Waals surface area contributed by atoms with Gasteiger partial charge in [-0.2, -0.15) is 0 Å². The van der Waals surface area contributed by atoms with Crippen molar-refractivity contribution < 1.29 is 9.53 Å². The van der Waals surface area contributed by atoms with Gasteiger partial charge in [-0.3, -0.25) is 4.79 Å². The minimum Gasteiger partial charge on any atom is -0.484 e. The van der Waals surface area contributed by atoms with Crippen molar-refractivity contribution in [2.45, 2.75) is 25.8 Å². The second-order valence-corrected chi connectivity index (χ2v) is 5.52. The molecule has 108 valence electrons. The van der Waals surface area contributed by atoms with Crippen LogP contribution in [0.3, 0.4) is 0 Å². The average molecular weight is 281 g/mol. The van der Waals surface area contributed by atoms with E-state index in [1.54, 1.807) is 0 Å². The molecule has 1 aliphatic rings. The number of nitrogens with one attached hydrogen (secondary N) is 1. The van der Waals surface area contributed by atoms with Crippen molar-refractivity contribution in [1.29, 1.82) is 0 Å². The zero-order valence-electron chi connectivity index (χ0n) is 12.1. The van der Waals surface area contributed by atoms with Gasteiger partial charge < -0.3 is 10.1 Å². The van der Waals surface area contributed by atoms with E-state index in [0.29, 0.717) is 6.04 Å². The molecule has 2 aromatic rings. The molecule has 1 fully saturated rings. The van der Waals surface area contributed by atoms with Gasteiger partial charge in [0.2, 0.25) is 0 Å². The average Bonchev–Trinajstić information content (AvgIpc) is 3.30. The van der Waals surface area contributed by atoms with Crippen LogP contribution in [-0.4, -0.2) is 18.6 Å². The minimum atomic E-state index is -0.0416. The summed E-state index contributed by atoms with van der Waals surface area (Å²) < 4.78 is 5.49. The molecule has 0 spiro atoms. The summed E-state index contributed by atoms with van der Waals surface area (Å²) in [6.07, 6.45) is 2.19. The van der Waals surface area contributed by atoms with E-state index in [-0.39, 0.29) is 12.5 Å². The summed E-state index contributed by atoms with van der Waals surface area (Å²) in [5.74, 6) is 0.678. The Morgan fingerprint density at radius 3 is 2.19 bits per heavy atom. The molecule has 0 atom stereocenters. The SMILES string of the molecule is Cc1ccc(-c2ccc(OCC(=O)NC3CC3)cc2)cc1. The van der Waals surface area contributed by atoms with E-state index in [4.69, 9.17) is 4.74 Å². The standard InChI is InChI=1S/C18H19NO2/c1-13-2-4-14(5-3-13)15-6-10-17(11-7-15)21-12-18(20)19-16-8-9-16/h2-7,10-11,16H,8-9,12H2,1H3,(H,19,20). The van der Waals surface area contributed by atoms with E-state index in [2.05, 4.69) is 36.5 Å². The van der Waals surface area contributed by atoms with Crippen LogP contribution in [0.25, 0.3) is 11.1 Å². The lowest BCUT2D eigenvalue weighted by atomic mass is 10.0. The fourth-order valence-corrected chi connectivity index (χ4v) is 2.14. The molecule has 0 heterocycles. The van der Waals surface area contributed by atoms with Gasteiger partial charge in [-0.25, -0.2) is 0 Å². The summed E-state index contributed by atoms with van der Waals surface area (Å²) >= 11 is 0. The molecule has 0 aliphatic heterocycles. The molecular formula is C18H19NO2. The van der Waals surface area contributed by atoms with E-state index in [1.807, 2.05) is 24.3 Å². The summed E-state index contributed by atoms with van der Waals surface area (Å²) in [6.45, 7) is 2.16. The van der Waals surface area contributed by atoms with E-state index < -0.39 is 0 Å². The van der Waals surface area contributed by atoms with Crippen LogP contribution >= 0.6 is 0 Å². The molecule has 0 bridgehead atoms. The zero-order valence-corrected chi connectivity index (χ0v) is 12.1. The Labute approximate surface area is 124 Å². The summed E-state index contributed by atoms with van der Waals surface area (Å²) in [6, 6.07) is 16.6. The Balaban J connectivity index is 1.58. The third-order valence-corrected chi connectivity index (χ3v) is 3.55. The van der Waals surface area contributed by atoms with Crippen LogP contribution < -0.4 is 10.1 Å². The molecule has 0 aromatic heterocycles. The highest BCUT2D eigenvalue weighted by atomic mass is 16.5. The van der Waals surface area contributed by atoms with Gasteiger partial charge in [-0.1, -0.05) is 42.0 Å². The van der Waals surface area contributed by atoms with E-state index >= 15 is 0 Å². The maximum atomic E-state index is 11.6. The number of carbonyl (C=O) groups is 1. The zero-order chi connectivity index (χ0) is 14.7. The molecule has 1 aliphatic carbocycles. The Kier molecular flexibility index (Phi) is 3.91. The number of rotatable bonds is 5. The van der Waals surface area contributed by atoms with Gasteiger partial charge in [0, 0.05) is 6.04 Å². The highest BCUT2D eigenvalue weighted by molar-refractivity contribution is 5.78. The molecule has 1 amide bonds. The first kappa shape index (κ1) is 13.7. The van der Waals surface area contributed by atoms with Crippen LogP contribution in [0.15, 0.2) is 48.5 Å². The maximum absolute atomic E-state index is 11.6. The van der Waals surface area contributed by atoms with E-state index in [1.165, 1.54) is 11.1 Å². The first-order chi connectivity index (χ1) is 10.2. The van der Waals surface area contributed by atoms with Crippen LogP contribution in [0.5, 0.6) is 5.75 Å². The lowest BCUT2D eigenvalue weighted by Crippen LogP contribution is -2.30. The summed E-state index contributed by atoms with van der Waals surface area (Å²) in [5.41, 5.74) is 3.57. The van der Waals surface area contributed by atoms with Crippen LogP contribution in [0.2, 0.25) is 0 Å². The third-order valence-electron chi connectivity index (χ3n) is 3.55. The number of hydrogen-bond acceptors (Lipinski definition) is 2. The number of benzene rings is 2. The van der Waals surface area contributed by atoms with Crippen molar-refractivity contribution in [3.8, 4) is 16.9 Å². The van der Waals surface area contributed by atoms with Crippen molar-refractivity contribution in [2.24, 2.45) is 0 Å². The smallest absolute Gasteiger partial charge is 0.258 e. The second-order valence-electron chi connectivity index (χ2n) is 5.52. The van der Waals surface area contributed by atoms with Gasteiger partial charge in [0.25, 0.3) is 5.91 Å². The van der Waals surface area contributed by atoms with Crippen molar-refractivity contribution in [3.05, 3.63) is 54.1 Å². The second kappa shape index (κ2) is 6.00. The molecule has 0 unspecified atom stereocenters. The molecule has 3 heteroatoms. The quantitative estimate of drug-likeness (QED) is 0.913. The van der Waals surface area contributed by atoms with Gasteiger partial charge in [0.15, 0.2) is 6.61 Å². The van der Waals surface area contributed by atoms with Crippen LogP contribution in [0.4, 0.5) is 0 Å². The summed E-state index contributed by atoms with van der Waals surface area (Å²) in [7, 11) is 0. The fourth-order valence-electron chi connectivity index (χ4n) is 2.14. The predicted molar refractivity (Wildman–Crippen MR) is 83.3 cm³/mol. The maximum Gasteiger partial charge on any atom is 0.258 e. The largest absolute Gasteiger partial charge is 0.484 e. The van der Waals surface area contributed by atoms with E-state index in [9.17, 15) is 4.79 Å². The normalized spacial score (nSPS) is 13.8. The van der Waals surface area contributed by atoms with Gasteiger partial charge in [-0.15, -0.1) is 0 Å². The van der Waals surface area contributed by atoms with Gasteiger partial charge >= 0.3 is 0 Å². The number of carbonyl (C=O) groups excluding carboxylic acids is 1. The Hall–Kier alpha value is -2.29. The topological polar surface area (TPSA) is 38.3 Å². The lowest BCUT2D eigenvalue weighted by molar-refractivity contribution is -0.123. The first-order valence-corrected chi connectivity index (χ1v) is 7.30.